The van der Waals surface area contributed by atoms with E-state index in [0.717, 1.165) is 29.9 Å². The Morgan fingerprint density at radius 3 is 2.76 bits per heavy atom. The van der Waals surface area contributed by atoms with Crippen LogP contribution in [-0.2, 0) is 0 Å². The molecule has 3 rings (SSSR count). The van der Waals surface area contributed by atoms with Crippen LogP contribution in [0.15, 0.2) is 12.1 Å². The Morgan fingerprint density at radius 2 is 2.12 bits per heavy atom. The summed E-state index contributed by atoms with van der Waals surface area (Å²) in [5.41, 5.74) is 7.64. The number of hydrogen-bond acceptors (Lipinski definition) is 4. The molecule has 0 unspecified atom stereocenters. The summed E-state index contributed by atoms with van der Waals surface area (Å²) in [7, 11) is 1.61. The molecule has 0 saturated heterocycles. The summed E-state index contributed by atoms with van der Waals surface area (Å²) in [6, 6.07) is 4.15. The Balaban J connectivity index is 2.11. The van der Waals surface area contributed by atoms with E-state index in [9.17, 15) is 0 Å². The van der Waals surface area contributed by atoms with E-state index in [1.165, 1.54) is 0 Å². The number of ether oxygens (including phenoxy) is 1. The van der Waals surface area contributed by atoms with Gasteiger partial charge in [0, 0.05) is 12.1 Å². The van der Waals surface area contributed by atoms with Crippen molar-refractivity contribution in [2.24, 2.45) is 5.92 Å². The molecule has 2 N–H and O–H groups in total. The number of pyridine rings is 1. The van der Waals surface area contributed by atoms with Gasteiger partial charge in [-0.3, -0.25) is 4.57 Å². The van der Waals surface area contributed by atoms with Crippen molar-refractivity contribution in [2.75, 3.05) is 12.8 Å². The third kappa shape index (κ3) is 1.53. The second kappa shape index (κ2) is 3.61. The molecule has 1 saturated carbocycles. The van der Waals surface area contributed by atoms with Crippen molar-refractivity contribution in [1.29, 1.82) is 0 Å². The molecule has 2 heterocycles. The predicted molar refractivity (Wildman–Crippen MR) is 65.9 cm³/mol. The largest absolute Gasteiger partial charge is 0.481 e. The third-order valence-electron chi connectivity index (χ3n) is 3.46. The van der Waals surface area contributed by atoms with Crippen LogP contribution in [0.5, 0.6) is 5.88 Å². The van der Waals surface area contributed by atoms with Gasteiger partial charge in [0.15, 0.2) is 5.65 Å². The number of methoxy groups -OCH3 is 1. The fourth-order valence-electron chi connectivity index (χ4n) is 2.52. The monoisotopic (exact) mass is 232 g/mol. The van der Waals surface area contributed by atoms with Crippen molar-refractivity contribution < 1.29 is 4.74 Å². The first kappa shape index (κ1) is 10.4. The zero-order valence-corrected chi connectivity index (χ0v) is 10.1. The van der Waals surface area contributed by atoms with Crippen molar-refractivity contribution in [3.05, 3.63) is 12.1 Å². The number of anilines is 1. The van der Waals surface area contributed by atoms with E-state index in [-0.39, 0.29) is 0 Å². The summed E-state index contributed by atoms with van der Waals surface area (Å²) in [6.45, 7) is 2.25. The van der Waals surface area contributed by atoms with Gasteiger partial charge in [0.05, 0.1) is 7.11 Å². The van der Waals surface area contributed by atoms with Crippen LogP contribution in [0.3, 0.4) is 0 Å². The van der Waals surface area contributed by atoms with E-state index in [2.05, 4.69) is 16.9 Å². The van der Waals surface area contributed by atoms with E-state index in [1.54, 1.807) is 7.11 Å². The zero-order chi connectivity index (χ0) is 12.0. The molecule has 0 radical (unpaired) electrons. The number of aromatic nitrogens is 3. The van der Waals surface area contributed by atoms with E-state index in [4.69, 9.17) is 10.5 Å². The highest BCUT2D eigenvalue weighted by molar-refractivity contribution is 5.75. The van der Waals surface area contributed by atoms with Crippen LogP contribution in [-0.4, -0.2) is 21.6 Å². The lowest BCUT2D eigenvalue weighted by atomic mass is 9.82. The van der Waals surface area contributed by atoms with Crippen molar-refractivity contribution in [3.63, 3.8) is 0 Å². The fourth-order valence-corrected chi connectivity index (χ4v) is 2.52. The van der Waals surface area contributed by atoms with Gasteiger partial charge in [0.2, 0.25) is 11.8 Å². The molecule has 0 aliphatic heterocycles. The average molecular weight is 232 g/mol. The molecule has 5 nitrogen and oxygen atoms in total. The maximum atomic E-state index is 5.97. The van der Waals surface area contributed by atoms with E-state index in [1.807, 2.05) is 16.7 Å². The molecule has 0 aromatic carbocycles. The lowest BCUT2D eigenvalue weighted by Crippen LogP contribution is -2.25. The molecule has 0 bridgehead atoms. The lowest BCUT2D eigenvalue weighted by Gasteiger charge is -2.34. The van der Waals surface area contributed by atoms with Gasteiger partial charge in [0.25, 0.3) is 0 Å². The van der Waals surface area contributed by atoms with Gasteiger partial charge in [0.1, 0.15) is 5.52 Å². The maximum absolute atomic E-state index is 5.97. The first-order valence-electron chi connectivity index (χ1n) is 5.87. The minimum absolute atomic E-state index is 0.439. The molecular formula is C12H16N4O. The Bertz CT molecular complexity index is 557. The second-order valence-electron chi connectivity index (χ2n) is 4.77. The van der Waals surface area contributed by atoms with Crippen molar-refractivity contribution in [2.45, 2.75) is 25.8 Å². The van der Waals surface area contributed by atoms with Gasteiger partial charge < -0.3 is 10.5 Å². The Kier molecular flexibility index (Phi) is 2.21. The Morgan fingerprint density at radius 1 is 1.35 bits per heavy atom. The number of fused-ring (bicyclic) bond motifs is 1. The number of imidazole rings is 1. The molecular weight excluding hydrogens is 216 g/mol. The predicted octanol–water partition coefficient (Wildman–Crippen LogP) is 1.99. The maximum Gasteiger partial charge on any atom is 0.215 e. The Labute approximate surface area is 99.6 Å². The third-order valence-corrected chi connectivity index (χ3v) is 3.46. The van der Waals surface area contributed by atoms with Crippen LogP contribution in [0.1, 0.15) is 25.8 Å². The van der Waals surface area contributed by atoms with Gasteiger partial charge in [-0.25, -0.2) is 4.98 Å². The van der Waals surface area contributed by atoms with Crippen molar-refractivity contribution in [3.8, 4) is 5.88 Å². The van der Waals surface area contributed by atoms with Gasteiger partial charge in [-0.1, -0.05) is 6.92 Å². The lowest BCUT2D eigenvalue weighted by molar-refractivity contribution is 0.222. The van der Waals surface area contributed by atoms with E-state index >= 15 is 0 Å². The molecule has 17 heavy (non-hydrogen) atoms. The summed E-state index contributed by atoms with van der Waals surface area (Å²) in [4.78, 5) is 8.78. The highest BCUT2D eigenvalue weighted by Crippen LogP contribution is 2.40. The second-order valence-corrected chi connectivity index (χ2v) is 4.77. The normalized spacial score (nSPS) is 23.6. The summed E-state index contributed by atoms with van der Waals surface area (Å²) in [5, 5.41) is 0. The van der Waals surface area contributed by atoms with Crippen LogP contribution >= 0.6 is 0 Å². The van der Waals surface area contributed by atoms with E-state index in [0.29, 0.717) is 17.9 Å². The minimum atomic E-state index is 0.439. The quantitative estimate of drug-likeness (QED) is 0.860. The van der Waals surface area contributed by atoms with Crippen LogP contribution < -0.4 is 10.5 Å². The smallest absolute Gasteiger partial charge is 0.215 e. The first-order chi connectivity index (χ1) is 8.19. The van der Waals surface area contributed by atoms with Gasteiger partial charge in [-0.05, 0) is 24.8 Å². The molecule has 5 heteroatoms. The number of hydrogen-bond donors (Lipinski definition) is 1. The molecule has 2 aromatic rings. The number of nitrogens with zero attached hydrogens (tertiary/aromatic N) is 3. The molecule has 2 aromatic heterocycles. The van der Waals surface area contributed by atoms with Crippen molar-refractivity contribution >= 4 is 17.1 Å². The SMILES string of the molecule is COc1ccc2nc(N)n(C3CC(C)C3)c2n1. The highest BCUT2D eigenvalue weighted by atomic mass is 16.5. The zero-order valence-electron chi connectivity index (χ0n) is 10.1. The first-order valence-corrected chi connectivity index (χ1v) is 5.87. The standard InChI is InChI=1S/C12H16N4O/c1-7-5-8(6-7)16-11-9(14-12(16)13)3-4-10(15-11)17-2/h3-4,7-8H,5-6H2,1-2H3,(H2,13,14). The molecule has 0 atom stereocenters. The molecule has 1 aliphatic carbocycles. The number of rotatable bonds is 2. The number of nitrogen functional groups attached to an aromatic ring is 1. The molecule has 1 aliphatic rings. The van der Waals surface area contributed by atoms with Crippen LogP contribution in [0.4, 0.5) is 5.95 Å². The Hall–Kier alpha value is -1.78. The highest BCUT2D eigenvalue weighted by Gasteiger charge is 2.30. The molecule has 0 amide bonds. The van der Waals surface area contributed by atoms with Crippen LogP contribution in [0, 0.1) is 5.92 Å². The van der Waals surface area contributed by atoms with Crippen LogP contribution in [0.2, 0.25) is 0 Å². The van der Waals surface area contributed by atoms with Gasteiger partial charge in [-0.2, -0.15) is 4.98 Å². The average Bonchev–Trinajstić information content (AvgIpc) is 2.60. The van der Waals surface area contributed by atoms with Crippen molar-refractivity contribution in [1.82, 2.24) is 14.5 Å². The molecule has 90 valence electrons. The fraction of sp³-hybridized carbons (Fsp3) is 0.500. The molecule has 1 fully saturated rings. The summed E-state index contributed by atoms with van der Waals surface area (Å²) < 4.78 is 7.19. The summed E-state index contributed by atoms with van der Waals surface area (Å²) in [5.74, 6) is 1.92. The summed E-state index contributed by atoms with van der Waals surface area (Å²) >= 11 is 0. The van der Waals surface area contributed by atoms with Crippen LogP contribution in [0.25, 0.3) is 11.2 Å². The van der Waals surface area contributed by atoms with Gasteiger partial charge in [-0.15, -0.1) is 0 Å². The number of nitrogens with two attached hydrogens (primary N) is 1. The summed E-state index contributed by atoms with van der Waals surface area (Å²) in [6.07, 6.45) is 2.29. The minimum Gasteiger partial charge on any atom is -0.481 e. The van der Waals surface area contributed by atoms with E-state index < -0.39 is 0 Å². The van der Waals surface area contributed by atoms with Gasteiger partial charge >= 0.3 is 0 Å². The molecule has 0 spiro atoms. The topological polar surface area (TPSA) is 66.0 Å².